The molecule has 15 atom stereocenters. The van der Waals surface area contributed by atoms with Crippen molar-refractivity contribution in [2.45, 2.75) is 219 Å². The summed E-state index contributed by atoms with van der Waals surface area (Å²) in [6.07, 6.45) is 12.6. The molecule has 0 spiro atoms. The van der Waals surface area contributed by atoms with E-state index in [2.05, 4.69) is 46.9 Å². The Hall–Kier alpha value is -3.15. The second-order valence-electron chi connectivity index (χ2n) is 23.4. The number of carbonyl (C=O) groups excluding carboxylic acids is 5. The lowest BCUT2D eigenvalue weighted by Gasteiger charge is -2.42. The average molecular weight is 1030 g/mol. The number of carbonyl (C=O) groups is 5. The lowest BCUT2D eigenvalue weighted by atomic mass is 9.78. The quantitative estimate of drug-likeness (QED) is 0.102. The minimum atomic E-state index is -2.53. The predicted octanol–water partition coefficient (Wildman–Crippen LogP) is 9.21. The first-order chi connectivity index (χ1) is 33.7. The molecule has 0 unspecified atom stereocenters. The Bertz CT molecular complexity index is 1970. The summed E-state index contributed by atoms with van der Waals surface area (Å²) in [5.74, 6) is -7.49. The first kappa shape index (κ1) is 61.4. The monoisotopic (exact) mass is 1030 g/mol. The van der Waals surface area contributed by atoms with Gasteiger partial charge in [-0.1, -0.05) is 91.8 Å². The summed E-state index contributed by atoms with van der Waals surface area (Å²) >= 11 is 0. The Labute approximate surface area is 433 Å². The summed E-state index contributed by atoms with van der Waals surface area (Å²) in [6, 6.07) is -1.13. The number of esters is 1. The summed E-state index contributed by atoms with van der Waals surface area (Å²) in [7, 11) is 2.18. The molecule has 1 amide bonds. The fraction of sp³-hybridized carbons (Fsp3) is 0.772. The maximum Gasteiger partial charge on any atom is 0.329 e. The van der Waals surface area contributed by atoms with Gasteiger partial charge >= 0.3 is 5.97 Å². The van der Waals surface area contributed by atoms with E-state index in [0.29, 0.717) is 63.4 Å². The molecule has 15 heteroatoms. The number of rotatable bonds is 8. The van der Waals surface area contributed by atoms with E-state index in [1.165, 1.54) is 12.0 Å². The van der Waals surface area contributed by atoms with Gasteiger partial charge in [0.25, 0.3) is 11.7 Å². The highest BCUT2D eigenvalue weighted by Gasteiger charge is 2.53. The SMILES string of the molecule is CO[C@H]1C[C@@H]2CC[C@@H](C)[C@@](O)(O2)C(=O)C(=O)N2CCCC[C@H]2C(=O)O[C@H]([C@H](C)C[C@H]2CC[C@@H](O)[C@H](OC)C2)CC(=O)[C@@H](C)C=C(C)[C@@H](O[Si](C)(C)C(C)(C)C)[C@@H](OC)C(=O)[C@H](C)C[C@H](C)C=CC=CC=C1C. The molecule has 0 radical (unpaired) electrons. The van der Waals surface area contributed by atoms with Gasteiger partial charge in [0.05, 0.1) is 30.5 Å². The smallest absolute Gasteiger partial charge is 0.329 e. The predicted molar refractivity (Wildman–Crippen MR) is 281 cm³/mol. The molecule has 4 rings (SSSR count). The van der Waals surface area contributed by atoms with Crippen molar-refractivity contribution in [2.24, 2.45) is 35.5 Å². The molecule has 0 aromatic rings. The standard InChI is InChI=1S/C57H93NO13Si/c1-35-21-17-16-18-22-36(2)47(66-11)33-43-26-24-41(7)57(65,70-43)53(62)54(63)58-28-20-19-23-44(58)55(64)69-48(38(4)31-42-25-27-45(59)49(32-42)67-12)34-46(60)37(3)30-40(6)51(71-72(14,15)56(8,9)10)52(68-13)50(61)39(5)29-35/h16-18,21-22,30,35,37-39,41-45,47-49,51-52,59,65H,19-20,23-29,31-34H2,1-15H3/t35-,37+,38-,39-,41-,42-,43+,44+,45-,47+,48+,49-,51-,52+,57-/m1/s1. The zero-order valence-corrected chi connectivity index (χ0v) is 47.6. The van der Waals surface area contributed by atoms with Gasteiger partial charge in [0.1, 0.15) is 24.0 Å². The van der Waals surface area contributed by atoms with Crippen molar-refractivity contribution in [3.05, 3.63) is 47.6 Å². The summed E-state index contributed by atoms with van der Waals surface area (Å²) < 4.78 is 37.2. The molecule has 3 fully saturated rings. The fourth-order valence-corrected chi connectivity index (χ4v) is 12.0. The number of methoxy groups -OCH3 is 3. The molecule has 2 saturated heterocycles. The first-order valence-corrected chi connectivity index (χ1v) is 29.8. The summed E-state index contributed by atoms with van der Waals surface area (Å²) in [6.45, 7) is 24.0. The lowest BCUT2D eigenvalue weighted by molar-refractivity contribution is -0.265. The van der Waals surface area contributed by atoms with Crippen LogP contribution in [0, 0.1) is 35.5 Å². The van der Waals surface area contributed by atoms with Crippen molar-refractivity contribution in [3.8, 4) is 0 Å². The van der Waals surface area contributed by atoms with Crippen LogP contribution in [-0.2, 0) is 52.1 Å². The number of hydrogen-bond acceptors (Lipinski definition) is 13. The van der Waals surface area contributed by atoms with Crippen LogP contribution in [0.5, 0.6) is 0 Å². The number of Topliss-reactive ketones (excluding diaryl/α,β-unsaturated/α-hetero) is 3. The van der Waals surface area contributed by atoms with Gasteiger partial charge in [-0.05, 0) is 125 Å². The van der Waals surface area contributed by atoms with Crippen LogP contribution < -0.4 is 0 Å². The Kier molecular flexibility index (Phi) is 23.1. The molecule has 408 valence electrons. The van der Waals surface area contributed by atoms with E-state index in [4.69, 9.17) is 28.1 Å². The molecule has 0 aromatic heterocycles. The van der Waals surface area contributed by atoms with Crippen molar-refractivity contribution in [2.75, 3.05) is 27.9 Å². The van der Waals surface area contributed by atoms with Crippen molar-refractivity contribution in [3.63, 3.8) is 0 Å². The van der Waals surface area contributed by atoms with Crippen LogP contribution in [0.25, 0.3) is 0 Å². The summed E-state index contributed by atoms with van der Waals surface area (Å²) in [5.41, 5.74) is 1.58. The van der Waals surface area contributed by atoms with Gasteiger partial charge in [0.15, 0.2) is 14.1 Å². The molecule has 2 N–H and O–H groups in total. The number of cyclic esters (lactones) is 1. The van der Waals surface area contributed by atoms with Gasteiger partial charge in [-0.15, -0.1) is 0 Å². The van der Waals surface area contributed by atoms with Crippen molar-refractivity contribution in [1.82, 2.24) is 4.90 Å². The van der Waals surface area contributed by atoms with E-state index in [9.17, 15) is 34.2 Å². The van der Waals surface area contributed by atoms with Crippen LogP contribution in [0.3, 0.4) is 0 Å². The fourth-order valence-electron chi connectivity index (χ4n) is 10.8. The zero-order chi connectivity index (χ0) is 53.9. The maximum atomic E-state index is 14.6. The number of hydrogen-bond donors (Lipinski definition) is 2. The highest BCUT2D eigenvalue weighted by Crippen LogP contribution is 2.41. The molecule has 3 heterocycles. The lowest BCUT2D eigenvalue weighted by Crippen LogP contribution is -2.61. The normalized spacial score (nSPS) is 35.8. The number of allylic oxidation sites excluding steroid dienone is 6. The third-order valence-electron chi connectivity index (χ3n) is 16.7. The Balaban J connectivity index is 1.80. The maximum absolute atomic E-state index is 14.6. The van der Waals surface area contributed by atoms with Crippen molar-refractivity contribution < 1.29 is 62.3 Å². The van der Waals surface area contributed by atoms with Crippen LogP contribution in [0.15, 0.2) is 47.6 Å². The third kappa shape index (κ3) is 15.9. The molecule has 4 aliphatic rings. The number of amides is 1. The van der Waals surface area contributed by atoms with E-state index in [-0.39, 0.29) is 65.8 Å². The van der Waals surface area contributed by atoms with Gasteiger partial charge in [-0.3, -0.25) is 19.2 Å². The first-order valence-electron chi connectivity index (χ1n) is 26.9. The minimum absolute atomic E-state index is 0.0449. The van der Waals surface area contributed by atoms with Crippen LogP contribution in [0.1, 0.15) is 146 Å². The summed E-state index contributed by atoms with van der Waals surface area (Å²) in [5, 5.41) is 22.4. The molecule has 0 aromatic carbocycles. The van der Waals surface area contributed by atoms with Crippen molar-refractivity contribution in [1.29, 1.82) is 0 Å². The zero-order valence-electron chi connectivity index (χ0n) is 46.6. The second kappa shape index (κ2) is 27.1. The number of piperidine rings is 1. The summed E-state index contributed by atoms with van der Waals surface area (Å²) in [4.78, 5) is 73.7. The van der Waals surface area contributed by atoms with Gasteiger partial charge < -0.3 is 43.2 Å². The number of fused-ring (bicyclic) bond motifs is 3. The molecule has 1 aliphatic carbocycles. The molecule has 1 saturated carbocycles. The topological polar surface area (TPSA) is 184 Å². The minimum Gasteiger partial charge on any atom is -0.460 e. The van der Waals surface area contributed by atoms with E-state index in [0.717, 1.165) is 12.0 Å². The van der Waals surface area contributed by atoms with E-state index in [1.807, 2.05) is 58.1 Å². The highest BCUT2D eigenvalue weighted by atomic mass is 28.4. The van der Waals surface area contributed by atoms with Gasteiger partial charge in [0.2, 0.25) is 5.79 Å². The molecule has 14 nitrogen and oxygen atoms in total. The molecular formula is C57H93NO13Si. The number of nitrogens with zero attached hydrogens (tertiary/aromatic N) is 1. The average Bonchev–Trinajstić information content (AvgIpc) is 3.32. The van der Waals surface area contributed by atoms with Gasteiger partial charge in [-0.25, -0.2) is 4.79 Å². The molecular weight excluding hydrogens is 935 g/mol. The number of aliphatic hydroxyl groups is 2. The van der Waals surface area contributed by atoms with E-state index < -0.39 is 86.3 Å². The number of ether oxygens (including phenoxy) is 5. The van der Waals surface area contributed by atoms with Crippen molar-refractivity contribution >= 4 is 37.5 Å². The largest absolute Gasteiger partial charge is 0.460 e. The van der Waals surface area contributed by atoms with Crippen LogP contribution >= 0.6 is 0 Å². The Morgan fingerprint density at radius 2 is 1.54 bits per heavy atom. The van der Waals surface area contributed by atoms with Gasteiger partial charge in [-0.2, -0.15) is 0 Å². The Morgan fingerprint density at radius 3 is 2.18 bits per heavy atom. The van der Waals surface area contributed by atoms with Crippen LogP contribution in [0.4, 0.5) is 0 Å². The highest BCUT2D eigenvalue weighted by molar-refractivity contribution is 6.74. The number of aliphatic hydroxyl groups excluding tert-OH is 1. The van der Waals surface area contributed by atoms with Gasteiger partial charge in [0, 0.05) is 58.5 Å². The van der Waals surface area contributed by atoms with Crippen LogP contribution in [-0.4, -0.2) is 135 Å². The second-order valence-corrected chi connectivity index (χ2v) is 28.2. The van der Waals surface area contributed by atoms with Crippen LogP contribution in [0.2, 0.25) is 18.1 Å². The molecule has 72 heavy (non-hydrogen) atoms. The van der Waals surface area contributed by atoms with E-state index in [1.54, 1.807) is 28.1 Å². The van der Waals surface area contributed by atoms with E-state index >= 15 is 0 Å². The molecule has 2 bridgehead atoms. The molecule has 3 aliphatic heterocycles. The number of ketones is 3. The Morgan fingerprint density at radius 1 is 0.847 bits per heavy atom. The third-order valence-corrected chi connectivity index (χ3v) is 21.1.